The molecule has 0 radical (unpaired) electrons. The van der Waals surface area contributed by atoms with E-state index in [1.165, 1.54) is 29.5 Å². The van der Waals surface area contributed by atoms with E-state index < -0.39 is 0 Å². The average molecular weight is 415 g/mol. The van der Waals surface area contributed by atoms with Crippen LogP contribution >= 0.6 is 11.8 Å². The van der Waals surface area contributed by atoms with E-state index in [-0.39, 0.29) is 10.8 Å². The first-order valence-corrected chi connectivity index (χ1v) is 11.7. The Morgan fingerprint density at radius 3 is 2.31 bits per heavy atom. The Bertz CT molecular complexity index is 840. The fourth-order valence-electron chi connectivity index (χ4n) is 3.94. The third kappa shape index (κ3) is 4.54. The van der Waals surface area contributed by atoms with Gasteiger partial charge in [0.25, 0.3) is 0 Å². The maximum atomic E-state index is 5.85. The van der Waals surface area contributed by atoms with Crippen molar-refractivity contribution >= 4 is 11.8 Å². The summed E-state index contributed by atoms with van der Waals surface area (Å²) in [5, 5.41) is 10.1. The van der Waals surface area contributed by atoms with Gasteiger partial charge in [-0.15, -0.1) is 10.2 Å². The number of hydrogen-bond donors (Lipinski definition) is 0. The second kappa shape index (κ2) is 7.71. The number of hydrogen-bond acceptors (Lipinski definition) is 5. The smallest absolute Gasteiger partial charge is 0.193 e. The van der Waals surface area contributed by atoms with Crippen LogP contribution in [-0.4, -0.2) is 44.8 Å². The second-order valence-electron chi connectivity index (χ2n) is 10.4. The van der Waals surface area contributed by atoms with Gasteiger partial charge in [-0.05, 0) is 46.9 Å². The predicted molar refractivity (Wildman–Crippen MR) is 119 cm³/mol. The average Bonchev–Trinajstić information content (AvgIpc) is 3.29. The van der Waals surface area contributed by atoms with Crippen molar-refractivity contribution in [3.8, 4) is 11.4 Å². The quantitative estimate of drug-likeness (QED) is 0.704. The summed E-state index contributed by atoms with van der Waals surface area (Å²) in [6.07, 6.45) is 2.73. The predicted octanol–water partition coefficient (Wildman–Crippen LogP) is 5.04. The topological polar surface area (TPSA) is 43.2 Å². The van der Waals surface area contributed by atoms with E-state index in [1.54, 1.807) is 11.8 Å². The van der Waals surface area contributed by atoms with Crippen LogP contribution in [0.2, 0.25) is 0 Å². The Hall–Kier alpha value is -1.37. The van der Waals surface area contributed by atoms with Gasteiger partial charge >= 0.3 is 0 Å². The number of fused-ring (bicyclic) bond motifs is 1. The van der Waals surface area contributed by atoms with Crippen molar-refractivity contribution in [1.29, 1.82) is 0 Å². The van der Waals surface area contributed by atoms with Gasteiger partial charge in [-0.1, -0.05) is 59.4 Å². The lowest BCUT2D eigenvalue weighted by atomic mass is 9.79. The molecule has 2 aliphatic heterocycles. The zero-order chi connectivity index (χ0) is 20.8. The molecule has 6 heteroatoms. The number of thioether (sulfide) groups is 1. The van der Waals surface area contributed by atoms with Crippen LogP contribution in [0.1, 0.15) is 65.5 Å². The van der Waals surface area contributed by atoms with Crippen molar-refractivity contribution in [2.45, 2.75) is 83.1 Å². The molecule has 2 aliphatic rings. The lowest BCUT2D eigenvalue weighted by molar-refractivity contribution is 0.0677. The third-order valence-electron chi connectivity index (χ3n) is 5.84. The number of aromatic nitrogens is 3. The number of ether oxygens (including phenoxy) is 1. The molecular weight excluding hydrogens is 380 g/mol. The van der Waals surface area contributed by atoms with Crippen molar-refractivity contribution in [3.05, 3.63) is 29.3 Å². The Balaban J connectivity index is 1.68. The van der Waals surface area contributed by atoms with Crippen LogP contribution in [0.4, 0.5) is 0 Å². The molecule has 0 amide bonds. The lowest BCUT2D eigenvalue weighted by Crippen LogP contribution is -2.36. The molecule has 29 heavy (non-hydrogen) atoms. The van der Waals surface area contributed by atoms with Gasteiger partial charge in [0.05, 0.1) is 18.6 Å². The van der Waals surface area contributed by atoms with Crippen molar-refractivity contribution in [3.63, 3.8) is 0 Å². The fraction of sp³-hybridized carbons (Fsp3) is 0.652. The molecule has 3 heterocycles. The number of rotatable bonds is 3. The fourth-order valence-corrected chi connectivity index (χ4v) is 4.82. The number of benzene rings is 1. The van der Waals surface area contributed by atoms with Gasteiger partial charge in [0.15, 0.2) is 11.0 Å². The second-order valence-corrected chi connectivity index (χ2v) is 11.3. The van der Waals surface area contributed by atoms with Gasteiger partial charge < -0.3 is 4.74 Å². The molecule has 1 saturated heterocycles. The molecule has 158 valence electrons. The van der Waals surface area contributed by atoms with E-state index in [2.05, 4.69) is 79.4 Å². The lowest BCUT2D eigenvalue weighted by Gasteiger charge is -2.30. The summed E-state index contributed by atoms with van der Waals surface area (Å²) in [4.78, 5) is 2.46. The molecule has 0 saturated carbocycles. The Kier molecular flexibility index (Phi) is 5.55. The molecule has 1 aromatic heterocycles. The molecule has 5 nitrogen and oxygen atoms in total. The molecule has 0 aliphatic carbocycles. The van der Waals surface area contributed by atoms with Crippen molar-refractivity contribution in [2.75, 3.05) is 19.0 Å². The highest BCUT2D eigenvalue weighted by Gasteiger charge is 2.27. The van der Waals surface area contributed by atoms with Crippen molar-refractivity contribution in [1.82, 2.24) is 19.7 Å². The van der Waals surface area contributed by atoms with Crippen LogP contribution in [0, 0.1) is 0 Å². The first-order valence-electron chi connectivity index (χ1n) is 10.7. The van der Waals surface area contributed by atoms with E-state index in [0.717, 1.165) is 36.7 Å². The maximum Gasteiger partial charge on any atom is 0.193 e. The van der Waals surface area contributed by atoms with Gasteiger partial charge in [-0.2, -0.15) is 0 Å². The van der Waals surface area contributed by atoms with Gasteiger partial charge in [0.1, 0.15) is 0 Å². The summed E-state index contributed by atoms with van der Waals surface area (Å²) in [5.74, 6) is 1.92. The highest BCUT2D eigenvalue weighted by atomic mass is 32.2. The van der Waals surface area contributed by atoms with Crippen LogP contribution in [-0.2, 0) is 22.2 Å². The van der Waals surface area contributed by atoms with Gasteiger partial charge in [-0.3, -0.25) is 9.47 Å². The minimum absolute atomic E-state index is 0.0847. The highest BCUT2D eigenvalue weighted by molar-refractivity contribution is 7.99. The first kappa shape index (κ1) is 20.9. The van der Waals surface area contributed by atoms with Crippen LogP contribution in [0.3, 0.4) is 0 Å². The van der Waals surface area contributed by atoms with E-state index in [9.17, 15) is 0 Å². The van der Waals surface area contributed by atoms with Crippen LogP contribution in [0.5, 0.6) is 0 Å². The summed E-state index contributed by atoms with van der Waals surface area (Å²) in [5.41, 5.74) is 4.03. The molecule has 1 aromatic carbocycles. The summed E-state index contributed by atoms with van der Waals surface area (Å²) in [7, 11) is 0. The monoisotopic (exact) mass is 414 g/mol. The summed E-state index contributed by atoms with van der Waals surface area (Å²) in [6.45, 7) is 16.4. The molecule has 2 aromatic rings. The molecule has 0 spiro atoms. The van der Waals surface area contributed by atoms with Crippen molar-refractivity contribution < 1.29 is 4.74 Å². The minimum Gasteiger partial charge on any atom is -0.377 e. The standard InChI is InChI=1S/C23H34N4OS/c1-22(2,3)17-10-16(11-18(12-17)23(4,5)6)20-24-25-21-27(20)14-26(15-29-21)13-19-8-7-9-28-19/h10-12,19H,7-9,13-15H2,1-6H3. The first-order chi connectivity index (χ1) is 13.6. The van der Waals surface area contributed by atoms with E-state index in [4.69, 9.17) is 4.74 Å². The largest absolute Gasteiger partial charge is 0.377 e. The van der Waals surface area contributed by atoms with Crippen LogP contribution < -0.4 is 0 Å². The molecule has 4 rings (SSSR count). The Labute approximate surface area is 179 Å². The van der Waals surface area contributed by atoms with E-state index in [0.29, 0.717) is 6.10 Å². The highest BCUT2D eigenvalue weighted by Crippen LogP contribution is 2.35. The Morgan fingerprint density at radius 1 is 1.03 bits per heavy atom. The molecule has 1 unspecified atom stereocenters. The third-order valence-corrected chi connectivity index (χ3v) is 6.90. The summed E-state index contributed by atoms with van der Waals surface area (Å²) >= 11 is 1.77. The van der Waals surface area contributed by atoms with Crippen LogP contribution in [0.25, 0.3) is 11.4 Å². The number of nitrogens with zero attached hydrogens (tertiary/aromatic N) is 4. The minimum atomic E-state index is 0.0847. The van der Waals surface area contributed by atoms with Gasteiger partial charge in [0.2, 0.25) is 0 Å². The molecular formula is C23H34N4OS. The van der Waals surface area contributed by atoms with Crippen molar-refractivity contribution in [2.24, 2.45) is 0 Å². The molecule has 1 atom stereocenters. The summed E-state index contributed by atoms with van der Waals surface area (Å²) in [6, 6.07) is 6.96. The molecule has 1 fully saturated rings. The Morgan fingerprint density at radius 2 is 1.72 bits per heavy atom. The van der Waals surface area contributed by atoms with Gasteiger partial charge in [0, 0.05) is 18.7 Å². The zero-order valence-electron chi connectivity index (χ0n) is 18.7. The molecule has 0 bridgehead atoms. The van der Waals surface area contributed by atoms with Crippen LogP contribution in [0.15, 0.2) is 23.4 Å². The SMILES string of the molecule is CC(C)(C)c1cc(-c2nnc3n2CN(CC2CCCO2)CS3)cc(C(C)(C)C)c1. The normalized spacial score (nSPS) is 20.8. The van der Waals surface area contributed by atoms with Gasteiger partial charge in [-0.25, -0.2) is 0 Å². The summed E-state index contributed by atoms with van der Waals surface area (Å²) < 4.78 is 8.13. The van der Waals surface area contributed by atoms with E-state index >= 15 is 0 Å². The van der Waals surface area contributed by atoms with E-state index in [1.807, 2.05) is 0 Å². The maximum absolute atomic E-state index is 5.85. The molecule has 0 N–H and O–H groups in total. The zero-order valence-corrected chi connectivity index (χ0v) is 19.5.